The van der Waals surface area contributed by atoms with Gasteiger partial charge in [-0.3, -0.25) is 9.78 Å². The van der Waals surface area contributed by atoms with E-state index in [0.29, 0.717) is 10.7 Å². The quantitative estimate of drug-likeness (QED) is 0.932. The van der Waals surface area contributed by atoms with Crippen LogP contribution in [0.1, 0.15) is 29.9 Å². The Hall–Kier alpha value is -1.87. The van der Waals surface area contributed by atoms with Crippen LogP contribution in [-0.4, -0.2) is 10.9 Å². The molecule has 1 amide bonds. The number of aromatic nitrogens is 1. The predicted molar refractivity (Wildman–Crippen MR) is 76.2 cm³/mol. The molecule has 2 aromatic rings. The summed E-state index contributed by atoms with van der Waals surface area (Å²) in [7, 11) is 0. The lowest BCUT2D eigenvalue weighted by Crippen LogP contribution is -2.41. The van der Waals surface area contributed by atoms with Crippen LogP contribution in [0, 0.1) is 0 Å². The van der Waals surface area contributed by atoms with Crippen LogP contribution in [-0.2, 0) is 5.54 Å². The normalized spacial score (nSPS) is 11.1. The molecule has 0 aliphatic rings. The maximum Gasteiger partial charge on any atom is 0.270 e. The molecule has 0 fully saturated rings. The van der Waals surface area contributed by atoms with Crippen molar-refractivity contribution in [1.82, 2.24) is 10.3 Å². The van der Waals surface area contributed by atoms with Gasteiger partial charge in [-0.2, -0.15) is 0 Å². The van der Waals surface area contributed by atoms with Crippen LogP contribution >= 0.6 is 11.6 Å². The molecule has 0 radical (unpaired) electrons. The summed E-state index contributed by atoms with van der Waals surface area (Å²) >= 11 is 5.98. The Morgan fingerprint density at radius 1 is 1.21 bits per heavy atom. The van der Waals surface area contributed by atoms with Gasteiger partial charge in [0.15, 0.2) is 0 Å². The zero-order valence-electron chi connectivity index (χ0n) is 10.9. The van der Waals surface area contributed by atoms with Crippen LogP contribution in [0.3, 0.4) is 0 Å². The van der Waals surface area contributed by atoms with Gasteiger partial charge in [0.1, 0.15) is 5.69 Å². The summed E-state index contributed by atoms with van der Waals surface area (Å²) in [4.78, 5) is 16.1. The van der Waals surface area contributed by atoms with Crippen molar-refractivity contribution in [1.29, 1.82) is 0 Å². The first kappa shape index (κ1) is 13.6. The van der Waals surface area contributed by atoms with Crippen LogP contribution in [0.4, 0.5) is 0 Å². The lowest BCUT2D eigenvalue weighted by molar-refractivity contribution is 0.0907. The van der Waals surface area contributed by atoms with E-state index in [1.54, 1.807) is 24.4 Å². The molecule has 98 valence electrons. The van der Waals surface area contributed by atoms with E-state index < -0.39 is 5.54 Å². The molecule has 0 unspecified atom stereocenters. The van der Waals surface area contributed by atoms with Crippen molar-refractivity contribution >= 4 is 17.5 Å². The van der Waals surface area contributed by atoms with Crippen LogP contribution in [0.5, 0.6) is 0 Å². The molecule has 1 N–H and O–H groups in total. The molecule has 3 nitrogen and oxygen atoms in total. The number of amides is 1. The molecule has 1 aromatic heterocycles. The fraction of sp³-hybridized carbons (Fsp3) is 0.200. The standard InChI is InChI=1S/C15H15ClN2O/c1-15(2,11-6-5-7-12(16)10-11)18-14(19)13-8-3-4-9-17-13/h3-10H,1-2H3,(H,18,19). The molecular formula is C15H15ClN2O. The van der Waals surface area contributed by atoms with Gasteiger partial charge in [0.2, 0.25) is 0 Å². The fourth-order valence-electron chi connectivity index (χ4n) is 1.79. The average Bonchev–Trinajstić information content (AvgIpc) is 2.39. The number of hydrogen-bond donors (Lipinski definition) is 1. The Bertz CT molecular complexity index is 582. The summed E-state index contributed by atoms with van der Waals surface area (Å²) in [6, 6.07) is 12.7. The van der Waals surface area contributed by atoms with E-state index in [2.05, 4.69) is 10.3 Å². The monoisotopic (exact) mass is 274 g/mol. The number of halogens is 1. The van der Waals surface area contributed by atoms with Crippen LogP contribution in [0.15, 0.2) is 48.7 Å². The fourth-order valence-corrected chi connectivity index (χ4v) is 1.98. The number of hydrogen-bond acceptors (Lipinski definition) is 2. The van der Waals surface area contributed by atoms with Crippen molar-refractivity contribution < 1.29 is 4.79 Å². The Kier molecular flexibility index (Phi) is 3.86. The van der Waals surface area contributed by atoms with Gasteiger partial charge in [0.05, 0.1) is 5.54 Å². The van der Waals surface area contributed by atoms with Gasteiger partial charge in [-0.25, -0.2) is 0 Å². The molecule has 4 heteroatoms. The summed E-state index contributed by atoms with van der Waals surface area (Å²) < 4.78 is 0. The number of pyridine rings is 1. The van der Waals surface area contributed by atoms with Crippen molar-refractivity contribution in [3.63, 3.8) is 0 Å². The maximum absolute atomic E-state index is 12.1. The van der Waals surface area contributed by atoms with E-state index in [9.17, 15) is 4.79 Å². The van der Waals surface area contributed by atoms with E-state index in [0.717, 1.165) is 5.56 Å². The second kappa shape index (κ2) is 5.41. The summed E-state index contributed by atoms with van der Waals surface area (Å²) in [6.07, 6.45) is 1.60. The minimum absolute atomic E-state index is 0.203. The summed E-state index contributed by atoms with van der Waals surface area (Å²) in [6.45, 7) is 3.86. The minimum Gasteiger partial charge on any atom is -0.342 e. The number of carbonyl (C=O) groups excluding carboxylic acids is 1. The van der Waals surface area contributed by atoms with Gasteiger partial charge < -0.3 is 5.32 Å². The van der Waals surface area contributed by atoms with Crippen molar-refractivity contribution in [2.24, 2.45) is 0 Å². The van der Waals surface area contributed by atoms with Gasteiger partial charge in [-0.1, -0.05) is 29.8 Å². The molecule has 2 rings (SSSR count). The third-order valence-corrected chi connectivity index (χ3v) is 3.10. The van der Waals surface area contributed by atoms with Gasteiger partial charge in [0, 0.05) is 11.2 Å². The Morgan fingerprint density at radius 3 is 2.63 bits per heavy atom. The molecule has 0 aliphatic heterocycles. The lowest BCUT2D eigenvalue weighted by Gasteiger charge is -2.27. The highest BCUT2D eigenvalue weighted by Gasteiger charge is 2.24. The minimum atomic E-state index is -0.514. The highest BCUT2D eigenvalue weighted by Crippen LogP contribution is 2.23. The van der Waals surface area contributed by atoms with E-state index in [1.165, 1.54) is 0 Å². The van der Waals surface area contributed by atoms with Crippen molar-refractivity contribution in [2.45, 2.75) is 19.4 Å². The molecule has 0 bridgehead atoms. The average molecular weight is 275 g/mol. The molecule has 0 saturated heterocycles. The number of carbonyl (C=O) groups is 1. The third kappa shape index (κ3) is 3.32. The first-order valence-corrected chi connectivity index (χ1v) is 6.36. The number of rotatable bonds is 3. The Labute approximate surface area is 117 Å². The SMILES string of the molecule is CC(C)(NC(=O)c1ccccn1)c1cccc(Cl)c1. The van der Waals surface area contributed by atoms with E-state index in [4.69, 9.17) is 11.6 Å². The number of nitrogens with one attached hydrogen (secondary N) is 1. The molecule has 0 aliphatic carbocycles. The van der Waals surface area contributed by atoms with Crippen molar-refractivity contribution in [3.8, 4) is 0 Å². The Morgan fingerprint density at radius 2 is 2.00 bits per heavy atom. The smallest absolute Gasteiger partial charge is 0.270 e. The molecule has 0 atom stereocenters. The topological polar surface area (TPSA) is 42.0 Å². The molecule has 0 saturated carbocycles. The zero-order chi connectivity index (χ0) is 13.9. The number of benzene rings is 1. The summed E-state index contributed by atoms with van der Waals surface area (Å²) in [5.74, 6) is -0.203. The number of nitrogens with zero attached hydrogens (tertiary/aromatic N) is 1. The molecule has 0 spiro atoms. The molecule has 19 heavy (non-hydrogen) atoms. The van der Waals surface area contributed by atoms with Crippen LogP contribution in [0.25, 0.3) is 0 Å². The first-order valence-electron chi connectivity index (χ1n) is 5.98. The van der Waals surface area contributed by atoms with Crippen molar-refractivity contribution in [3.05, 3.63) is 64.9 Å². The highest BCUT2D eigenvalue weighted by atomic mass is 35.5. The van der Waals surface area contributed by atoms with Gasteiger partial charge in [-0.15, -0.1) is 0 Å². The summed E-state index contributed by atoms with van der Waals surface area (Å²) in [5, 5.41) is 3.61. The lowest BCUT2D eigenvalue weighted by atomic mass is 9.94. The Balaban J connectivity index is 2.20. The molecular weight excluding hydrogens is 260 g/mol. The van der Waals surface area contributed by atoms with E-state index >= 15 is 0 Å². The summed E-state index contributed by atoms with van der Waals surface area (Å²) in [5.41, 5.74) is 0.835. The maximum atomic E-state index is 12.1. The van der Waals surface area contributed by atoms with Gasteiger partial charge in [-0.05, 0) is 43.7 Å². The second-order valence-electron chi connectivity index (χ2n) is 4.80. The van der Waals surface area contributed by atoms with Crippen LogP contribution < -0.4 is 5.32 Å². The molecule has 1 heterocycles. The largest absolute Gasteiger partial charge is 0.342 e. The highest BCUT2D eigenvalue weighted by molar-refractivity contribution is 6.30. The zero-order valence-corrected chi connectivity index (χ0v) is 11.6. The van der Waals surface area contributed by atoms with Crippen LogP contribution in [0.2, 0.25) is 5.02 Å². The van der Waals surface area contributed by atoms with Crippen molar-refractivity contribution in [2.75, 3.05) is 0 Å². The third-order valence-electron chi connectivity index (χ3n) is 2.87. The van der Waals surface area contributed by atoms with Gasteiger partial charge in [0.25, 0.3) is 5.91 Å². The van der Waals surface area contributed by atoms with E-state index in [-0.39, 0.29) is 5.91 Å². The second-order valence-corrected chi connectivity index (χ2v) is 5.24. The predicted octanol–water partition coefficient (Wildman–Crippen LogP) is 3.40. The molecule has 1 aromatic carbocycles. The van der Waals surface area contributed by atoms with E-state index in [1.807, 2.05) is 38.1 Å². The first-order chi connectivity index (χ1) is 8.99. The van der Waals surface area contributed by atoms with Gasteiger partial charge >= 0.3 is 0 Å².